The fourth-order valence-electron chi connectivity index (χ4n) is 3.00. The van der Waals surface area contributed by atoms with Gasteiger partial charge in [0, 0.05) is 11.6 Å². The molecular formula is C19H19N3O3S2. The number of hydrogen-bond acceptors (Lipinski definition) is 5. The summed E-state index contributed by atoms with van der Waals surface area (Å²) in [6.45, 7) is 1.90. The number of thiazole rings is 1. The van der Waals surface area contributed by atoms with E-state index < -0.39 is 10.0 Å². The van der Waals surface area contributed by atoms with E-state index in [9.17, 15) is 13.2 Å². The van der Waals surface area contributed by atoms with Gasteiger partial charge in [0.2, 0.25) is 5.91 Å². The normalized spacial score (nSPS) is 14.7. The molecule has 1 aliphatic rings. The fraction of sp³-hybridized carbons (Fsp3) is 0.263. The molecule has 8 heteroatoms. The van der Waals surface area contributed by atoms with Crippen LogP contribution in [0.4, 0.5) is 10.8 Å². The van der Waals surface area contributed by atoms with E-state index in [4.69, 9.17) is 0 Å². The molecule has 1 aromatic heterocycles. The molecule has 1 heterocycles. The Morgan fingerprint density at radius 3 is 2.59 bits per heavy atom. The van der Waals surface area contributed by atoms with Crippen molar-refractivity contribution in [2.24, 2.45) is 5.92 Å². The molecule has 4 rings (SSSR count). The van der Waals surface area contributed by atoms with Gasteiger partial charge in [0.1, 0.15) is 0 Å². The third-order valence-electron chi connectivity index (χ3n) is 4.70. The standard InChI is InChI=1S/C19H19N3O3S2/c1-12-10-14(20-18(23)13-6-5-7-13)11-16-17(12)21-19(26-16)22-27(24,25)15-8-3-2-4-9-15/h2-4,8-11,13H,5-7H2,1H3,(H,20,23)(H,21,22). The molecule has 0 spiro atoms. The number of hydrogen-bond donors (Lipinski definition) is 2. The molecule has 1 fully saturated rings. The van der Waals surface area contributed by atoms with E-state index in [1.165, 1.54) is 23.5 Å². The van der Waals surface area contributed by atoms with Crippen LogP contribution in [0.25, 0.3) is 10.2 Å². The Hall–Kier alpha value is -2.45. The van der Waals surface area contributed by atoms with Gasteiger partial charge in [-0.1, -0.05) is 36.0 Å². The van der Waals surface area contributed by atoms with E-state index in [2.05, 4.69) is 15.0 Å². The molecular weight excluding hydrogens is 382 g/mol. The Kier molecular flexibility index (Phi) is 4.61. The average Bonchev–Trinajstić information content (AvgIpc) is 2.96. The third kappa shape index (κ3) is 3.68. The Bertz CT molecular complexity index is 1100. The molecule has 0 atom stereocenters. The zero-order valence-electron chi connectivity index (χ0n) is 14.7. The predicted octanol–water partition coefficient (Wildman–Crippen LogP) is 4.14. The van der Waals surface area contributed by atoms with Crippen molar-refractivity contribution >= 4 is 48.3 Å². The molecule has 6 nitrogen and oxygen atoms in total. The minimum absolute atomic E-state index is 0.0505. The Morgan fingerprint density at radius 2 is 1.93 bits per heavy atom. The number of benzene rings is 2. The van der Waals surface area contributed by atoms with Gasteiger partial charge in [0.15, 0.2) is 5.13 Å². The zero-order chi connectivity index (χ0) is 19.0. The van der Waals surface area contributed by atoms with Crippen LogP contribution in [0.1, 0.15) is 24.8 Å². The third-order valence-corrected chi connectivity index (χ3v) is 7.11. The van der Waals surface area contributed by atoms with Crippen LogP contribution in [0, 0.1) is 12.8 Å². The average molecular weight is 402 g/mol. The summed E-state index contributed by atoms with van der Waals surface area (Å²) in [6.07, 6.45) is 2.99. The maximum Gasteiger partial charge on any atom is 0.263 e. The van der Waals surface area contributed by atoms with Crippen LogP contribution in [-0.4, -0.2) is 19.3 Å². The highest BCUT2D eigenvalue weighted by molar-refractivity contribution is 7.93. The lowest BCUT2D eigenvalue weighted by Crippen LogP contribution is -2.28. The highest BCUT2D eigenvalue weighted by Crippen LogP contribution is 2.33. The molecule has 2 aromatic carbocycles. The molecule has 140 valence electrons. The van der Waals surface area contributed by atoms with E-state index >= 15 is 0 Å². The second-order valence-corrected chi connectivity index (χ2v) is 9.41. The van der Waals surface area contributed by atoms with Crippen LogP contribution in [0.2, 0.25) is 0 Å². The molecule has 1 amide bonds. The van der Waals surface area contributed by atoms with E-state index in [1.54, 1.807) is 18.2 Å². The van der Waals surface area contributed by atoms with Crippen molar-refractivity contribution in [3.05, 3.63) is 48.0 Å². The van der Waals surface area contributed by atoms with Crippen molar-refractivity contribution in [1.29, 1.82) is 0 Å². The van der Waals surface area contributed by atoms with Gasteiger partial charge in [-0.25, -0.2) is 13.4 Å². The second kappa shape index (κ2) is 6.94. The summed E-state index contributed by atoms with van der Waals surface area (Å²) in [4.78, 5) is 16.8. The first kappa shape index (κ1) is 17.9. The summed E-state index contributed by atoms with van der Waals surface area (Å²) in [7, 11) is -3.68. The summed E-state index contributed by atoms with van der Waals surface area (Å²) < 4.78 is 28.3. The van der Waals surface area contributed by atoms with Gasteiger partial charge in [0.25, 0.3) is 10.0 Å². The number of aryl methyl sites for hydroxylation is 1. The molecule has 0 radical (unpaired) electrons. The summed E-state index contributed by atoms with van der Waals surface area (Å²) in [6, 6.07) is 11.9. The number of rotatable bonds is 5. The van der Waals surface area contributed by atoms with Gasteiger partial charge in [0.05, 0.1) is 15.1 Å². The molecule has 0 saturated heterocycles. The van der Waals surface area contributed by atoms with Gasteiger partial charge in [-0.2, -0.15) is 0 Å². The molecule has 1 saturated carbocycles. The lowest BCUT2D eigenvalue weighted by Gasteiger charge is -2.24. The summed E-state index contributed by atoms with van der Waals surface area (Å²) in [5.41, 5.74) is 2.34. The number of carbonyl (C=O) groups excluding carboxylic acids is 1. The number of nitrogens with zero attached hydrogens (tertiary/aromatic N) is 1. The fourth-order valence-corrected chi connectivity index (χ4v) is 5.24. The molecule has 0 unspecified atom stereocenters. The van der Waals surface area contributed by atoms with Gasteiger partial charge in [-0.15, -0.1) is 0 Å². The number of aromatic nitrogens is 1. The lowest BCUT2D eigenvalue weighted by atomic mass is 9.85. The summed E-state index contributed by atoms with van der Waals surface area (Å²) >= 11 is 1.25. The smallest absolute Gasteiger partial charge is 0.263 e. The zero-order valence-corrected chi connectivity index (χ0v) is 16.4. The first-order valence-corrected chi connectivity index (χ1v) is 11.0. The van der Waals surface area contributed by atoms with E-state index in [0.29, 0.717) is 5.13 Å². The summed E-state index contributed by atoms with van der Waals surface area (Å²) in [5, 5.41) is 3.27. The number of sulfonamides is 1. The Morgan fingerprint density at radius 1 is 1.19 bits per heavy atom. The topological polar surface area (TPSA) is 88.2 Å². The second-order valence-electron chi connectivity index (χ2n) is 6.69. The predicted molar refractivity (Wildman–Crippen MR) is 108 cm³/mol. The number of nitrogens with one attached hydrogen (secondary N) is 2. The number of amides is 1. The first-order valence-electron chi connectivity index (χ1n) is 8.72. The van der Waals surface area contributed by atoms with Crippen molar-refractivity contribution in [1.82, 2.24) is 4.98 Å². The Balaban J connectivity index is 1.60. The molecule has 27 heavy (non-hydrogen) atoms. The van der Waals surface area contributed by atoms with Gasteiger partial charge in [-0.05, 0) is 49.6 Å². The van der Waals surface area contributed by atoms with E-state index in [0.717, 1.165) is 40.7 Å². The SMILES string of the molecule is Cc1cc(NC(=O)C2CCC2)cc2sc(NS(=O)(=O)c3ccccc3)nc12. The van der Waals surface area contributed by atoms with E-state index in [-0.39, 0.29) is 16.7 Å². The molecule has 2 N–H and O–H groups in total. The lowest BCUT2D eigenvalue weighted by molar-refractivity contribution is -0.122. The Labute approximate surface area is 161 Å². The minimum Gasteiger partial charge on any atom is -0.326 e. The molecule has 3 aromatic rings. The monoisotopic (exact) mass is 401 g/mol. The maximum absolute atomic E-state index is 12.5. The molecule has 0 bridgehead atoms. The minimum atomic E-state index is -3.68. The van der Waals surface area contributed by atoms with Crippen molar-refractivity contribution in [3.63, 3.8) is 0 Å². The van der Waals surface area contributed by atoms with Crippen LogP contribution in [-0.2, 0) is 14.8 Å². The van der Waals surface area contributed by atoms with Crippen LogP contribution in [0.3, 0.4) is 0 Å². The summed E-state index contributed by atoms with van der Waals surface area (Å²) in [5.74, 6) is 0.158. The van der Waals surface area contributed by atoms with Crippen molar-refractivity contribution < 1.29 is 13.2 Å². The number of carbonyl (C=O) groups is 1. The number of anilines is 2. The highest BCUT2D eigenvalue weighted by atomic mass is 32.2. The highest BCUT2D eigenvalue weighted by Gasteiger charge is 2.25. The van der Waals surface area contributed by atoms with Crippen molar-refractivity contribution in [2.45, 2.75) is 31.1 Å². The van der Waals surface area contributed by atoms with Crippen LogP contribution < -0.4 is 10.0 Å². The molecule has 0 aliphatic heterocycles. The van der Waals surface area contributed by atoms with Gasteiger partial charge < -0.3 is 5.32 Å². The molecule has 1 aliphatic carbocycles. The van der Waals surface area contributed by atoms with Crippen LogP contribution in [0.15, 0.2) is 47.4 Å². The van der Waals surface area contributed by atoms with Gasteiger partial charge in [-0.3, -0.25) is 9.52 Å². The van der Waals surface area contributed by atoms with Crippen molar-refractivity contribution in [3.8, 4) is 0 Å². The first-order chi connectivity index (χ1) is 12.9. The van der Waals surface area contributed by atoms with Crippen LogP contribution >= 0.6 is 11.3 Å². The van der Waals surface area contributed by atoms with Gasteiger partial charge >= 0.3 is 0 Å². The number of fused-ring (bicyclic) bond motifs is 1. The van der Waals surface area contributed by atoms with E-state index in [1.807, 2.05) is 19.1 Å². The maximum atomic E-state index is 12.5. The largest absolute Gasteiger partial charge is 0.326 e. The quantitative estimate of drug-likeness (QED) is 0.672. The van der Waals surface area contributed by atoms with Crippen molar-refractivity contribution in [2.75, 3.05) is 10.0 Å². The van der Waals surface area contributed by atoms with Crippen LogP contribution in [0.5, 0.6) is 0 Å².